The number of carbonyl (C=O) groups is 1. The van der Waals surface area contributed by atoms with Crippen LogP contribution in [0.1, 0.15) is 32.6 Å². The summed E-state index contributed by atoms with van der Waals surface area (Å²) in [7, 11) is 2.80. The molecular formula is C15H17F3N4O3S. The third-order valence-electron chi connectivity index (χ3n) is 3.28. The Morgan fingerprint density at radius 3 is 2.65 bits per heavy atom. The van der Waals surface area contributed by atoms with Gasteiger partial charge in [-0.1, -0.05) is 0 Å². The van der Waals surface area contributed by atoms with Gasteiger partial charge >= 0.3 is 12.1 Å². The highest BCUT2D eigenvalue weighted by Gasteiger charge is 2.33. The second-order valence-corrected chi connectivity index (χ2v) is 6.02. The normalized spacial score (nSPS) is 12.2. The van der Waals surface area contributed by atoms with E-state index in [1.54, 1.807) is 13.0 Å². The third-order valence-corrected chi connectivity index (χ3v) is 4.13. The van der Waals surface area contributed by atoms with Crippen molar-refractivity contribution in [2.45, 2.75) is 26.2 Å². The van der Waals surface area contributed by atoms with Crippen molar-refractivity contribution in [3.05, 3.63) is 39.2 Å². The van der Waals surface area contributed by atoms with Crippen LogP contribution in [0.5, 0.6) is 0 Å². The lowest BCUT2D eigenvalue weighted by Crippen LogP contribution is -2.36. The molecule has 0 saturated carbocycles. The Hall–Kier alpha value is -2.56. The van der Waals surface area contributed by atoms with Crippen molar-refractivity contribution in [1.29, 1.82) is 0 Å². The maximum atomic E-state index is 12.5. The van der Waals surface area contributed by atoms with Crippen molar-refractivity contribution in [1.82, 2.24) is 15.6 Å². The fraction of sp³-hybridized carbons (Fsp3) is 0.400. The third kappa shape index (κ3) is 4.97. The van der Waals surface area contributed by atoms with Crippen LogP contribution in [0.4, 0.5) is 13.2 Å². The standard InChI is InChI=1S/C15H17F3N4O3S/c1-8-10(13(23)24-3)4-9(25-8)5-20-14(19-2)21-6-12-22-11(7-26-12)15(16,17)18/h4,7H,5-6H2,1-3H3,(H2,19,20,21). The predicted molar refractivity (Wildman–Crippen MR) is 88.9 cm³/mol. The van der Waals surface area contributed by atoms with Gasteiger partial charge in [0.15, 0.2) is 11.7 Å². The zero-order chi connectivity index (χ0) is 19.3. The van der Waals surface area contributed by atoms with E-state index in [0.717, 1.165) is 16.7 Å². The second kappa shape index (κ2) is 8.21. The van der Waals surface area contributed by atoms with Gasteiger partial charge in [0.1, 0.15) is 22.1 Å². The smallest absolute Gasteiger partial charge is 0.434 e. The number of nitrogens with one attached hydrogen (secondary N) is 2. The van der Waals surface area contributed by atoms with Gasteiger partial charge < -0.3 is 19.8 Å². The second-order valence-electron chi connectivity index (χ2n) is 5.08. The van der Waals surface area contributed by atoms with Gasteiger partial charge in [0.2, 0.25) is 0 Å². The highest BCUT2D eigenvalue weighted by atomic mass is 32.1. The highest BCUT2D eigenvalue weighted by molar-refractivity contribution is 7.09. The summed E-state index contributed by atoms with van der Waals surface area (Å²) in [5.74, 6) is 0.769. The predicted octanol–water partition coefficient (Wildman–Crippen LogP) is 2.72. The summed E-state index contributed by atoms with van der Waals surface area (Å²) in [4.78, 5) is 19.0. The molecule has 2 rings (SSSR count). The number of aliphatic imine (C=N–C) groups is 1. The van der Waals surface area contributed by atoms with E-state index in [2.05, 4.69) is 25.3 Å². The minimum absolute atomic E-state index is 0.0883. The van der Waals surface area contributed by atoms with E-state index in [0.29, 0.717) is 23.0 Å². The monoisotopic (exact) mass is 390 g/mol. The summed E-state index contributed by atoms with van der Waals surface area (Å²) in [6.45, 7) is 1.96. The Morgan fingerprint density at radius 1 is 1.38 bits per heavy atom. The van der Waals surface area contributed by atoms with Crippen LogP contribution in [0.3, 0.4) is 0 Å². The molecule has 0 bridgehead atoms. The number of ether oxygens (including phenoxy) is 1. The summed E-state index contributed by atoms with van der Waals surface area (Å²) in [6.07, 6.45) is -4.46. The fourth-order valence-corrected chi connectivity index (χ4v) is 2.76. The molecule has 0 saturated heterocycles. The van der Waals surface area contributed by atoms with E-state index >= 15 is 0 Å². The van der Waals surface area contributed by atoms with Crippen LogP contribution < -0.4 is 10.6 Å². The number of aromatic nitrogens is 1. The number of carbonyl (C=O) groups excluding carboxylic acids is 1. The van der Waals surface area contributed by atoms with Crippen molar-refractivity contribution in [3.63, 3.8) is 0 Å². The van der Waals surface area contributed by atoms with Crippen LogP contribution >= 0.6 is 11.3 Å². The van der Waals surface area contributed by atoms with Gasteiger partial charge in [0, 0.05) is 12.4 Å². The number of furan rings is 1. The number of methoxy groups -OCH3 is 1. The first-order chi connectivity index (χ1) is 12.2. The number of halogens is 3. The number of guanidine groups is 1. The average molecular weight is 390 g/mol. The van der Waals surface area contributed by atoms with Gasteiger partial charge in [-0.3, -0.25) is 4.99 Å². The fourth-order valence-electron chi connectivity index (χ4n) is 2.02. The molecule has 2 heterocycles. The number of rotatable bonds is 5. The number of nitrogens with zero attached hydrogens (tertiary/aromatic N) is 2. The largest absolute Gasteiger partial charge is 0.465 e. The summed E-state index contributed by atoms with van der Waals surface area (Å²) < 4.78 is 47.7. The van der Waals surface area contributed by atoms with Crippen LogP contribution in [0.2, 0.25) is 0 Å². The zero-order valence-corrected chi connectivity index (χ0v) is 15.0. The number of hydrogen-bond acceptors (Lipinski definition) is 6. The number of alkyl halides is 3. The van der Waals surface area contributed by atoms with Gasteiger partial charge in [-0.2, -0.15) is 13.2 Å². The van der Waals surface area contributed by atoms with Crippen molar-refractivity contribution in [2.75, 3.05) is 14.2 Å². The molecule has 0 aromatic carbocycles. The number of hydrogen-bond donors (Lipinski definition) is 2. The molecule has 0 atom stereocenters. The number of thiazole rings is 1. The molecule has 2 N–H and O–H groups in total. The minimum atomic E-state index is -4.46. The van der Waals surface area contributed by atoms with Crippen molar-refractivity contribution < 1.29 is 27.1 Å². The molecule has 0 unspecified atom stereocenters. The molecule has 11 heteroatoms. The first kappa shape index (κ1) is 19.8. The lowest BCUT2D eigenvalue weighted by Gasteiger charge is -2.09. The minimum Gasteiger partial charge on any atom is -0.465 e. The topological polar surface area (TPSA) is 88.8 Å². The maximum Gasteiger partial charge on any atom is 0.434 e. The van der Waals surface area contributed by atoms with E-state index in [1.165, 1.54) is 14.2 Å². The molecule has 0 spiro atoms. The summed E-state index contributed by atoms with van der Waals surface area (Å²) >= 11 is 0.908. The maximum absolute atomic E-state index is 12.5. The van der Waals surface area contributed by atoms with Crippen molar-refractivity contribution in [3.8, 4) is 0 Å². The van der Waals surface area contributed by atoms with Gasteiger partial charge in [0.25, 0.3) is 0 Å². The molecule has 0 aliphatic heterocycles. The number of esters is 1. The van der Waals surface area contributed by atoms with Gasteiger partial charge in [-0.25, -0.2) is 9.78 Å². The van der Waals surface area contributed by atoms with Crippen molar-refractivity contribution in [2.24, 2.45) is 4.99 Å². The first-order valence-electron chi connectivity index (χ1n) is 7.38. The number of aryl methyl sites for hydroxylation is 1. The van der Waals surface area contributed by atoms with E-state index in [1.807, 2.05) is 0 Å². The summed E-state index contributed by atoms with van der Waals surface area (Å²) in [5, 5.41) is 7.05. The Morgan fingerprint density at radius 2 is 2.08 bits per heavy atom. The highest BCUT2D eigenvalue weighted by Crippen LogP contribution is 2.29. The molecule has 142 valence electrons. The molecule has 0 aliphatic carbocycles. The molecule has 26 heavy (non-hydrogen) atoms. The van der Waals surface area contributed by atoms with E-state index in [-0.39, 0.29) is 18.1 Å². The summed E-state index contributed by atoms with van der Waals surface area (Å²) in [6, 6.07) is 1.55. The molecule has 0 aliphatic rings. The Labute approximate surface area is 151 Å². The first-order valence-corrected chi connectivity index (χ1v) is 8.26. The van der Waals surface area contributed by atoms with Gasteiger partial charge in [0.05, 0.1) is 20.2 Å². The average Bonchev–Trinajstić information content (AvgIpc) is 3.21. The lowest BCUT2D eigenvalue weighted by molar-refractivity contribution is -0.140. The molecule has 0 radical (unpaired) electrons. The molecular weight excluding hydrogens is 373 g/mol. The SMILES string of the molecule is CN=C(NCc1cc(C(=O)OC)c(C)o1)NCc1nc(C(F)(F)F)cs1. The molecule has 0 amide bonds. The van der Waals surface area contributed by atoms with E-state index in [9.17, 15) is 18.0 Å². The van der Waals surface area contributed by atoms with Crippen LogP contribution in [0.25, 0.3) is 0 Å². The molecule has 0 fully saturated rings. The van der Waals surface area contributed by atoms with E-state index in [4.69, 9.17) is 4.42 Å². The van der Waals surface area contributed by atoms with Gasteiger partial charge in [-0.05, 0) is 13.0 Å². The Balaban J connectivity index is 1.90. The zero-order valence-electron chi connectivity index (χ0n) is 14.2. The lowest BCUT2D eigenvalue weighted by atomic mass is 10.2. The Bertz CT molecular complexity index is 798. The van der Waals surface area contributed by atoms with Crippen molar-refractivity contribution >= 4 is 23.3 Å². The molecule has 2 aromatic heterocycles. The van der Waals surface area contributed by atoms with Crippen LogP contribution in [0, 0.1) is 6.92 Å². The quantitative estimate of drug-likeness (QED) is 0.464. The van der Waals surface area contributed by atoms with Gasteiger partial charge in [-0.15, -0.1) is 11.3 Å². The van der Waals surface area contributed by atoms with Crippen LogP contribution in [-0.2, 0) is 24.0 Å². The van der Waals surface area contributed by atoms with E-state index < -0.39 is 17.8 Å². The molecule has 7 nitrogen and oxygen atoms in total. The van der Waals surface area contributed by atoms with Crippen LogP contribution in [-0.4, -0.2) is 31.1 Å². The molecule has 2 aromatic rings. The summed E-state index contributed by atoms with van der Waals surface area (Å²) in [5.41, 5.74) is -0.585. The Kier molecular flexibility index (Phi) is 6.24. The van der Waals surface area contributed by atoms with Crippen LogP contribution in [0.15, 0.2) is 20.9 Å².